The summed E-state index contributed by atoms with van der Waals surface area (Å²) in [5, 5.41) is 3.38. The van der Waals surface area contributed by atoms with Gasteiger partial charge in [0.15, 0.2) is 0 Å². The molecule has 0 atom stereocenters. The summed E-state index contributed by atoms with van der Waals surface area (Å²) in [7, 11) is 1.27. The first-order chi connectivity index (χ1) is 8.56. The van der Waals surface area contributed by atoms with E-state index in [2.05, 4.69) is 14.9 Å². The molecular formula is C11H10ClN3O3. The molecule has 0 saturated carbocycles. The molecule has 2 aromatic heterocycles. The molecule has 0 amide bonds. The normalized spacial score (nSPS) is 10.6. The van der Waals surface area contributed by atoms with Crippen molar-refractivity contribution in [1.82, 2.24) is 9.38 Å². The van der Waals surface area contributed by atoms with E-state index >= 15 is 0 Å². The van der Waals surface area contributed by atoms with Crippen LogP contribution in [0.1, 0.15) is 11.3 Å². The van der Waals surface area contributed by atoms with E-state index in [9.17, 15) is 9.70 Å². The van der Waals surface area contributed by atoms with Gasteiger partial charge in [0.25, 0.3) is 0 Å². The predicted octanol–water partition coefficient (Wildman–Crippen LogP) is 2.41. The number of halogens is 1. The average molecular weight is 268 g/mol. The maximum absolute atomic E-state index is 11.2. The second-order valence-electron chi connectivity index (χ2n) is 3.76. The molecule has 0 bridgehead atoms. The molecular weight excluding hydrogens is 258 g/mol. The van der Waals surface area contributed by atoms with E-state index in [-0.39, 0.29) is 17.9 Å². The number of hydrogen-bond donors (Lipinski definition) is 0. The van der Waals surface area contributed by atoms with E-state index in [0.717, 1.165) is 5.56 Å². The number of ether oxygens (including phenoxy) is 1. The number of hydrogen-bond acceptors (Lipinski definition) is 5. The molecule has 0 spiro atoms. The molecule has 7 heteroatoms. The molecule has 94 valence electrons. The zero-order valence-corrected chi connectivity index (χ0v) is 10.6. The molecule has 0 aliphatic carbocycles. The topological polar surface area (TPSA) is 73.0 Å². The Labute approximate surface area is 108 Å². The third-order valence-corrected chi connectivity index (χ3v) is 2.75. The molecule has 0 unspecified atom stereocenters. The van der Waals surface area contributed by atoms with Crippen LogP contribution in [0.3, 0.4) is 0 Å². The third-order valence-electron chi connectivity index (χ3n) is 2.54. The van der Waals surface area contributed by atoms with E-state index < -0.39 is 5.97 Å². The van der Waals surface area contributed by atoms with Gasteiger partial charge in [-0.1, -0.05) is 11.6 Å². The Hall–Kier alpha value is -1.95. The molecule has 2 rings (SSSR count). The lowest BCUT2D eigenvalue weighted by molar-refractivity contribution is -0.139. The fourth-order valence-electron chi connectivity index (χ4n) is 1.73. The highest BCUT2D eigenvalue weighted by atomic mass is 35.5. The van der Waals surface area contributed by atoms with Crippen LogP contribution in [0.2, 0.25) is 5.02 Å². The summed E-state index contributed by atoms with van der Waals surface area (Å²) in [6.45, 7) is 1.81. The average Bonchev–Trinajstić information content (AvgIpc) is 2.66. The van der Waals surface area contributed by atoms with Crippen LogP contribution in [0.4, 0.5) is 5.82 Å². The highest BCUT2D eigenvalue weighted by Crippen LogP contribution is 2.26. The predicted molar refractivity (Wildman–Crippen MR) is 66.1 cm³/mol. The van der Waals surface area contributed by atoms with Gasteiger partial charge >= 0.3 is 5.97 Å². The third kappa shape index (κ3) is 2.06. The minimum absolute atomic E-state index is 0.0704. The Morgan fingerprint density at radius 3 is 2.94 bits per heavy atom. The van der Waals surface area contributed by atoms with Crippen molar-refractivity contribution in [3.8, 4) is 0 Å². The minimum atomic E-state index is -0.480. The van der Waals surface area contributed by atoms with Crippen LogP contribution in [0.25, 0.3) is 5.65 Å². The molecule has 0 aliphatic heterocycles. The van der Waals surface area contributed by atoms with Crippen molar-refractivity contribution in [2.24, 2.45) is 5.18 Å². The van der Waals surface area contributed by atoms with Gasteiger partial charge in [-0.2, -0.15) is 0 Å². The van der Waals surface area contributed by atoms with Gasteiger partial charge in [-0.15, -0.1) is 4.91 Å². The maximum Gasteiger partial charge on any atom is 0.311 e. The summed E-state index contributed by atoms with van der Waals surface area (Å²) >= 11 is 5.91. The summed E-state index contributed by atoms with van der Waals surface area (Å²) in [4.78, 5) is 26.3. The fourth-order valence-corrected chi connectivity index (χ4v) is 1.99. The molecule has 0 N–H and O–H groups in total. The summed E-state index contributed by atoms with van der Waals surface area (Å²) in [6, 6.07) is 1.72. The molecule has 0 fully saturated rings. The number of pyridine rings is 1. The molecule has 0 aromatic carbocycles. The SMILES string of the molecule is COC(=O)Cc1nc2c(C)cc(Cl)cn2c1N=O. The standard InChI is InChI=1S/C11H10ClN3O3/c1-6-3-7(12)5-15-10(6)13-8(11(15)14-17)4-9(16)18-2/h3,5H,4H2,1-2H3. The first-order valence-electron chi connectivity index (χ1n) is 5.14. The smallest absolute Gasteiger partial charge is 0.311 e. The number of nitroso groups, excluding NO2 is 1. The number of methoxy groups -OCH3 is 1. The monoisotopic (exact) mass is 267 g/mol. The quantitative estimate of drug-likeness (QED) is 0.632. The van der Waals surface area contributed by atoms with Gasteiger partial charge in [0.2, 0.25) is 5.82 Å². The van der Waals surface area contributed by atoms with Gasteiger partial charge in [-0.3, -0.25) is 9.20 Å². The minimum Gasteiger partial charge on any atom is -0.469 e. The van der Waals surface area contributed by atoms with Crippen LogP contribution in [-0.4, -0.2) is 22.5 Å². The Morgan fingerprint density at radius 2 is 2.33 bits per heavy atom. The van der Waals surface area contributed by atoms with Crippen molar-refractivity contribution in [3.63, 3.8) is 0 Å². The van der Waals surface area contributed by atoms with Crippen LogP contribution in [0.15, 0.2) is 17.4 Å². The maximum atomic E-state index is 11.2. The van der Waals surface area contributed by atoms with Crippen molar-refractivity contribution in [2.45, 2.75) is 13.3 Å². The van der Waals surface area contributed by atoms with E-state index in [1.807, 2.05) is 6.92 Å². The van der Waals surface area contributed by atoms with Crippen molar-refractivity contribution < 1.29 is 9.53 Å². The van der Waals surface area contributed by atoms with E-state index in [4.69, 9.17) is 11.6 Å². The van der Waals surface area contributed by atoms with Crippen molar-refractivity contribution in [2.75, 3.05) is 7.11 Å². The summed E-state index contributed by atoms with van der Waals surface area (Å²) in [6.07, 6.45) is 1.44. The van der Waals surface area contributed by atoms with Crippen molar-refractivity contribution in [1.29, 1.82) is 0 Å². The lowest BCUT2D eigenvalue weighted by Crippen LogP contribution is -2.04. The highest BCUT2D eigenvalue weighted by Gasteiger charge is 2.17. The molecule has 0 aliphatic rings. The zero-order chi connectivity index (χ0) is 13.3. The molecule has 2 heterocycles. The van der Waals surface area contributed by atoms with Gasteiger partial charge in [-0.25, -0.2) is 4.98 Å². The number of imidazole rings is 1. The Kier molecular flexibility index (Phi) is 3.29. The number of nitrogens with zero attached hydrogens (tertiary/aromatic N) is 3. The number of carbonyl (C=O) groups is 1. The van der Waals surface area contributed by atoms with Crippen LogP contribution in [0.5, 0.6) is 0 Å². The lowest BCUT2D eigenvalue weighted by atomic mass is 10.3. The number of aryl methyl sites for hydroxylation is 1. The molecule has 6 nitrogen and oxygen atoms in total. The summed E-state index contributed by atoms with van der Waals surface area (Å²) in [5.74, 6) is -0.409. The van der Waals surface area contributed by atoms with E-state index in [0.29, 0.717) is 10.7 Å². The number of aromatic nitrogens is 2. The number of rotatable bonds is 3. The van der Waals surface area contributed by atoms with Gasteiger partial charge in [0, 0.05) is 6.20 Å². The van der Waals surface area contributed by atoms with Crippen LogP contribution >= 0.6 is 11.6 Å². The second-order valence-corrected chi connectivity index (χ2v) is 4.20. The summed E-state index contributed by atoms with van der Waals surface area (Å²) in [5.41, 5.74) is 1.62. The number of carbonyl (C=O) groups excluding carboxylic acids is 1. The second kappa shape index (κ2) is 4.73. The van der Waals surface area contributed by atoms with Gasteiger partial charge in [-0.05, 0) is 23.7 Å². The molecule has 2 aromatic rings. The van der Waals surface area contributed by atoms with Gasteiger partial charge in [0.1, 0.15) is 11.3 Å². The zero-order valence-electron chi connectivity index (χ0n) is 9.81. The molecule has 0 radical (unpaired) electrons. The van der Waals surface area contributed by atoms with E-state index in [1.165, 1.54) is 17.7 Å². The van der Waals surface area contributed by atoms with Crippen LogP contribution in [0, 0.1) is 11.8 Å². The molecule has 0 saturated heterocycles. The number of esters is 1. The Bertz CT molecular complexity index is 636. The van der Waals surface area contributed by atoms with Crippen LogP contribution in [-0.2, 0) is 16.0 Å². The van der Waals surface area contributed by atoms with Crippen molar-refractivity contribution in [3.05, 3.63) is 33.5 Å². The first kappa shape index (κ1) is 12.5. The van der Waals surface area contributed by atoms with Crippen molar-refractivity contribution >= 4 is 29.0 Å². The largest absolute Gasteiger partial charge is 0.469 e. The highest BCUT2D eigenvalue weighted by molar-refractivity contribution is 6.30. The lowest BCUT2D eigenvalue weighted by Gasteiger charge is -1.99. The fraction of sp³-hybridized carbons (Fsp3) is 0.273. The van der Waals surface area contributed by atoms with E-state index in [1.54, 1.807) is 6.07 Å². The number of fused-ring (bicyclic) bond motifs is 1. The molecule has 18 heavy (non-hydrogen) atoms. The Morgan fingerprint density at radius 1 is 1.61 bits per heavy atom. The van der Waals surface area contributed by atoms with Gasteiger partial charge < -0.3 is 4.74 Å². The first-order valence-corrected chi connectivity index (χ1v) is 5.52. The Balaban J connectivity index is 2.64. The van der Waals surface area contributed by atoms with Gasteiger partial charge in [0.05, 0.1) is 18.6 Å². The summed E-state index contributed by atoms with van der Waals surface area (Å²) < 4.78 is 6.02. The van der Waals surface area contributed by atoms with Crippen LogP contribution < -0.4 is 0 Å².